The van der Waals surface area contributed by atoms with Crippen molar-refractivity contribution < 1.29 is 29.0 Å². The zero-order chi connectivity index (χ0) is 15.3. The van der Waals surface area contributed by atoms with E-state index in [1.165, 1.54) is 0 Å². The van der Waals surface area contributed by atoms with Crippen LogP contribution in [0.15, 0.2) is 0 Å². The molecule has 0 aromatic rings. The Balaban J connectivity index is 2.65. The molecule has 1 fully saturated rings. The number of thioether (sulfide) groups is 1. The van der Waals surface area contributed by atoms with E-state index in [0.717, 1.165) is 16.7 Å². The molecule has 1 saturated heterocycles. The molecule has 0 aliphatic carbocycles. The maximum absolute atomic E-state index is 11.9. The number of carboxylic acid groups (broad SMARTS) is 1. The predicted octanol–water partition coefficient (Wildman–Crippen LogP) is -0.194. The molecule has 1 heterocycles. The highest BCUT2D eigenvalue weighted by Crippen LogP contribution is 2.26. The van der Waals surface area contributed by atoms with E-state index in [9.17, 15) is 19.2 Å². The molecule has 8 nitrogen and oxygen atoms in total. The molecule has 1 aliphatic heterocycles. The van der Waals surface area contributed by atoms with Gasteiger partial charge < -0.3 is 15.6 Å². The highest BCUT2D eigenvalue weighted by Gasteiger charge is 2.41. The standard InChI is InChI=1S/C11H16N2O6S/c1-2-19-10(17)7-5-20-11(18)13(7)8(14)4-3-6(12)9(15)16/h6-7H,2-5,12H2,1H3,(H,15,16)/t6-,7-/m0/s1. The number of ether oxygens (including phenoxy) is 1. The van der Waals surface area contributed by atoms with Crippen molar-refractivity contribution in [1.82, 2.24) is 4.90 Å². The number of amides is 2. The van der Waals surface area contributed by atoms with Gasteiger partial charge >= 0.3 is 11.9 Å². The van der Waals surface area contributed by atoms with Crippen molar-refractivity contribution in [2.45, 2.75) is 31.8 Å². The van der Waals surface area contributed by atoms with Crippen LogP contribution in [0.3, 0.4) is 0 Å². The van der Waals surface area contributed by atoms with Crippen molar-refractivity contribution in [3.05, 3.63) is 0 Å². The summed E-state index contributed by atoms with van der Waals surface area (Å²) in [6.07, 6.45) is -0.312. The van der Waals surface area contributed by atoms with Crippen molar-refractivity contribution in [3.8, 4) is 0 Å². The van der Waals surface area contributed by atoms with E-state index >= 15 is 0 Å². The quantitative estimate of drug-likeness (QED) is 0.646. The Hall–Kier alpha value is -1.61. The predicted molar refractivity (Wildman–Crippen MR) is 70.0 cm³/mol. The molecule has 112 valence electrons. The summed E-state index contributed by atoms with van der Waals surface area (Å²) in [5.41, 5.74) is 5.29. The van der Waals surface area contributed by atoms with Gasteiger partial charge in [0.15, 0.2) is 0 Å². The number of carbonyl (C=O) groups excluding carboxylic acids is 3. The normalized spacial score (nSPS) is 19.8. The van der Waals surface area contributed by atoms with Crippen molar-refractivity contribution in [3.63, 3.8) is 0 Å². The Morgan fingerprint density at radius 1 is 1.55 bits per heavy atom. The topological polar surface area (TPSA) is 127 Å². The average molecular weight is 304 g/mol. The first-order valence-corrected chi connectivity index (χ1v) is 7.00. The Bertz CT molecular complexity index is 427. The fraction of sp³-hybridized carbons (Fsp3) is 0.636. The van der Waals surface area contributed by atoms with Crippen LogP contribution in [0.5, 0.6) is 0 Å². The number of imide groups is 1. The summed E-state index contributed by atoms with van der Waals surface area (Å²) in [7, 11) is 0. The summed E-state index contributed by atoms with van der Waals surface area (Å²) in [5, 5.41) is 8.10. The van der Waals surface area contributed by atoms with Gasteiger partial charge in [0.1, 0.15) is 12.1 Å². The molecule has 0 spiro atoms. The van der Waals surface area contributed by atoms with E-state index in [2.05, 4.69) is 0 Å². The van der Waals surface area contributed by atoms with Crippen LogP contribution in [0.1, 0.15) is 19.8 Å². The number of hydrogen-bond acceptors (Lipinski definition) is 7. The van der Waals surface area contributed by atoms with Crippen LogP contribution in [0, 0.1) is 0 Å². The number of carbonyl (C=O) groups is 4. The van der Waals surface area contributed by atoms with Gasteiger partial charge in [-0.3, -0.25) is 19.3 Å². The lowest BCUT2D eigenvalue weighted by Gasteiger charge is -2.20. The Kier molecular flexibility index (Phi) is 5.96. The van der Waals surface area contributed by atoms with Gasteiger partial charge in [-0.1, -0.05) is 11.8 Å². The molecule has 20 heavy (non-hydrogen) atoms. The molecule has 0 radical (unpaired) electrons. The third kappa shape index (κ3) is 3.94. The average Bonchev–Trinajstić information content (AvgIpc) is 2.77. The molecule has 1 aliphatic rings. The van der Waals surface area contributed by atoms with Crippen LogP contribution >= 0.6 is 11.8 Å². The molecular formula is C11H16N2O6S. The molecule has 2 atom stereocenters. The lowest BCUT2D eigenvalue weighted by atomic mass is 10.1. The second kappa shape index (κ2) is 7.25. The summed E-state index contributed by atoms with van der Waals surface area (Å²) in [6, 6.07) is -2.12. The fourth-order valence-corrected chi connectivity index (χ4v) is 2.59. The highest BCUT2D eigenvalue weighted by atomic mass is 32.2. The SMILES string of the molecule is CCOC(=O)[C@@H]1CSC(=O)N1C(=O)CC[C@H](N)C(=O)O. The van der Waals surface area contributed by atoms with Crippen LogP contribution in [-0.4, -0.2) is 57.5 Å². The van der Waals surface area contributed by atoms with Gasteiger partial charge in [-0.15, -0.1) is 0 Å². The smallest absolute Gasteiger partial charge is 0.330 e. The maximum Gasteiger partial charge on any atom is 0.330 e. The molecule has 0 aromatic carbocycles. The number of nitrogens with two attached hydrogens (primary N) is 1. The monoisotopic (exact) mass is 304 g/mol. The Labute approximate surface area is 119 Å². The van der Waals surface area contributed by atoms with Crippen molar-refractivity contribution >= 4 is 34.8 Å². The number of hydrogen-bond donors (Lipinski definition) is 2. The zero-order valence-corrected chi connectivity index (χ0v) is 11.7. The van der Waals surface area contributed by atoms with Crippen LogP contribution in [0.4, 0.5) is 4.79 Å². The van der Waals surface area contributed by atoms with Crippen molar-refractivity contribution in [2.75, 3.05) is 12.4 Å². The minimum absolute atomic E-state index is 0.0990. The minimum Gasteiger partial charge on any atom is -0.480 e. The lowest BCUT2D eigenvalue weighted by molar-refractivity contribution is -0.151. The fourth-order valence-electron chi connectivity index (χ4n) is 1.63. The maximum atomic E-state index is 11.9. The van der Waals surface area contributed by atoms with Gasteiger partial charge in [-0.2, -0.15) is 0 Å². The van der Waals surface area contributed by atoms with Gasteiger partial charge in [0.25, 0.3) is 5.24 Å². The molecule has 0 bridgehead atoms. The molecule has 9 heteroatoms. The van der Waals surface area contributed by atoms with Crippen LogP contribution in [-0.2, 0) is 19.1 Å². The Morgan fingerprint density at radius 3 is 2.75 bits per heavy atom. The van der Waals surface area contributed by atoms with E-state index in [4.69, 9.17) is 15.6 Å². The van der Waals surface area contributed by atoms with Crippen LogP contribution in [0.2, 0.25) is 0 Å². The van der Waals surface area contributed by atoms with E-state index < -0.39 is 35.2 Å². The largest absolute Gasteiger partial charge is 0.480 e. The van der Waals surface area contributed by atoms with Gasteiger partial charge in [-0.05, 0) is 13.3 Å². The third-order valence-electron chi connectivity index (χ3n) is 2.69. The van der Waals surface area contributed by atoms with Crippen LogP contribution < -0.4 is 5.73 Å². The van der Waals surface area contributed by atoms with Gasteiger partial charge in [-0.25, -0.2) is 4.79 Å². The molecule has 0 saturated carbocycles. The first-order chi connectivity index (χ1) is 9.38. The first-order valence-electron chi connectivity index (χ1n) is 6.02. The van der Waals surface area contributed by atoms with Crippen molar-refractivity contribution in [2.24, 2.45) is 5.73 Å². The van der Waals surface area contributed by atoms with Crippen LogP contribution in [0.25, 0.3) is 0 Å². The van der Waals surface area contributed by atoms with Gasteiger partial charge in [0.05, 0.1) is 6.61 Å². The second-order valence-electron chi connectivity index (χ2n) is 4.09. The summed E-state index contributed by atoms with van der Waals surface area (Å²) in [4.78, 5) is 46.6. The summed E-state index contributed by atoms with van der Waals surface area (Å²) in [5.74, 6) is -2.33. The number of esters is 1. The lowest BCUT2D eigenvalue weighted by Crippen LogP contribution is -2.45. The number of rotatable bonds is 6. The van der Waals surface area contributed by atoms with E-state index in [1.54, 1.807) is 6.92 Å². The molecule has 0 unspecified atom stereocenters. The first kappa shape index (κ1) is 16.4. The minimum atomic E-state index is -1.22. The number of aliphatic carboxylic acids is 1. The summed E-state index contributed by atoms with van der Waals surface area (Å²) >= 11 is 0.854. The zero-order valence-electron chi connectivity index (χ0n) is 10.9. The second-order valence-corrected chi connectivity index (χ2v) is 5.06. The van der Waals surface area contributed by atoms with Gasteiger partial charge in [0, 0.05) is 12.2 Å². The van der Waals surface area contributed by atoms with E-state index in [0.29, 0.717) is 0 Å². The van der Waals surface area contributed by atoms with Crippen molar-refractivity contribution in [1.29, 1.82) is 0 Å². The molecule has 1 rings (SSSR count). The number of carboxylic acids is 1. The highest BCUT2D eigenvalue weighted by molar-refractivity contribution is 8.14. The Morgan fingerprint density at radius 2 is 2.20 bits per heavy atom. The third-order valence-corrected chi connectivity index (χ3v) is 3.61. The molecular weight excluding hydrogens is 288 g/mol. The van der Waals surface area contributed by atoms with E-state index in [-0.39, 0.29) is 25.2 Å². The molecule has 0 aromatic heterocycles. The number of nitrogens with zero attached hydrogens (tertiary/aromatic N) is 1. The van der Waals surface area contributed by atoms with Gasteiger partial charge in [0.2, 0.25) is 5.91 Å². The molecule has 2 amide bonds. The summed E-state index contributed by atoms with van der Waals surface area (Å²) < 4.78 is 4.80. The molecule has 3 N–H and O–H groups in total. The van der Waals surface area contributed by atoms with E-state index in [1.807, 2.05) is 0 Å². The summed E-state index contributed by atoms with van der Waals surface area (Å²) in [6.45, 7) is 1.78.